The molecule has 0 saturated carbocycles. The number of rotatable bonds is 6. The first-order chi connectivity index (χ1) is 13.7. The maximum atomic E-state index is 10.6. The van der Waals surface area contributed by atoms with Gasteiger partial charge in [0.2, 0.25) is 11.3 Å². The fourth-order valence-corrected chi connectivity index (χ4v) is 3.55. The molecule has 0 spiro atoms. The van der Waals surface area contributed by atoms with E-state index in [-0.39, 0.29) is 0 Å². The van der Waals surface area contributed by atoms with Crippen molar-refractivity contribution in [3.8, 4) is 11.1 Å². The minimum Gasteiger partial charge on any atom is -0.378 e. The van der Waals surface area contributed by atoms with Crippen molar-refractivity contribution in [2.45, 2.75) is 6.42 Å². The maximum Gasteiger partial charge on any atom is 0.231 e. The van der Waals surface area contributed by atoms with Crippen molar-refractivity contribution in [3.05, 3.63) is 54.2 Å². The summed E-state index contributed by atoms with van der Waals surface area (Å²) in [6.45, 7) is 3.56. The lowest BCUT2D eigenvalue weighted by atomic mass is 10.0. The second kappa shape index (κ2) is 8.74. The Labute approximate surface area is 166 Å². The predicted molar refractivity (Wildman–Crippen MR) is 110 cm³/mol. The van der Waals surface area contributed by atoms with Crippen molar-refractivity contribution in [1.29, 1.82) is 0 Å². The predicted octanol–water partition coefficient (Wildman–Crippen LogP) is 2.40. The molecule has 0 radical (unpaired) electrons. The van der Waals surface area contributed by atoms with Crippen molar-refractivity contribution in [3.63, 3.8) is 0 Å². The number of ether oxygens (including phenoxy) is 1. The SMILES string of the molecule is O=S(O)NCCc1ccc(-c2ccc3ncc(N4CCOCC4)nc3c2)cc1. The highest BCUT2D eigenvalue weighted by atomic mass is 32.2. The number of morpholine rings is 1. The van der Waals surface area contributed by atoms with E-state index in [0.29, 0.717) is 13.0 Å². The van der Waals surface area contributed by atoms with Crippen molar-refractivity contribution in [2.75, 3.05) is 37.7 Å². The third-order valence-electron chi connectivity index (χ3n) is 4.79. The number of nitrogens with one attached hydrogen (secondary N) is 1. The zero-order valence-corrected chi connectivity index (χ0v) is 16.2. The Bertz CT molecular complexity index is 975. The van der Waals surface area contributed by atoms with Crippen LogP contribution in [0.15, 0.2) is 48.7 Å². The molecule has 1 aliphatic heterocycles. The van der Waals surface area contributed by atoms with Gasteiger partial charge in [0, 0.05) is 19.6 Å². The Morgan fingerprint density at radius 2 is 1.82 bits per heavy atom. The van der Waals surface area contributed by atoms with Crippen LogP contribution in [0.25, 0.3) is 22.2 Å². The summed E-state index contributed by atoms with van der Waals surface area (Å²) < 4.78 is 27.3. The zero-order chi connectivity index (χ0) is 19.3. The van der Waals surface area contributed by atoms with E-state index in [9.17, 15) is 4.21 Å². The van der Waals surface area contributed by atoms with Gasteiger partial charge in [-0.2, -0.15) is 0 Å². The number of hydrogen-bond acceptors (Lipinski definition) is 5. The van der Waals surface area contributed by atoms with Gasteiger partial charge in [0.25, 0.3) is 0 Å². The fourth-order valence-electron chi connectivity index (χ4n) is 3.27. The first-order valence-corrected chi connectivity index (χ1v) is 10.3. The quantitative estimate of drug-likeness (QED) is 0.620. The molecule has 28 heavy (non-hydrogen) atoms. The molecule has 3 aromatic rings. The van der Waals surface area contributed by atoms with Crippen LogP contribution in [0.5, 0.6) is 0 Å². The largest absolute Gasteiger partial charge is 0.378 e. The zero-order valence-electron chi connectivity index (χ0n) is 15.4. The second-order valence-electron chi connectivity index (χ2n) is 6.62. The van der Waals surface area contributed by atoms with Gasteiger partial charge in [0.15, 0.2) is 0 Å². The summed E-state index contributed by atoms with van der Waals surface area (Å²) in [5.41, 5.74) is 5.04. The number of benzene rings is 2. The standard InChI is InChI=1S/C20H22N4O3S/c25-28(26)22-8-7-15-1-3-16(4-2-15)17-5-6-18-19(13-17)23-20(14-21-18)24-9-11-27-12-10-24/h1-6,13-14,22H,7-12H2,(H,25,26). The molecule has 0 amide bonds. The van der Waals surface area contributed by atoms with Crippen molar-refractivity contribution in [1.82, 2.24) is 14.7 Å². The van der Waals surface area contributed by atoms with Crippen molar-refractivity contribution in [2.24, 2.45) is 0 Å². The van der Waals surface area contributed by atoms with Crippen LogP contribution in [-0.4, -0.2) is 51.6 Å². The molecule has 7 nitrogen and oxygen atoms in total. The number of anilines is 1. The van der Waals surface area contributed by atoms with Crippen LogP contribution in [0.4, 0.5) is 5.82 Å². The lowest BCUT2D eigenvalue weighted by Gasteiger charge is -2.27. The van der Waals surface area contributed by atoms with Gasteiger partial charge in [-0.15, -0.1) is 0 Å². The van der Waals surface area contributed by atoms with Crippen LogP contribution in [-0.2, 0) is 22.4 Å². The first-order valence-electron chi connectivity index (χ1n) is 9.22. The molecular formula is C20H22N4O3S. The molecule has 1 aromatic heterocycles. The Kier molecular flexibility index (Phi) is 5.92. The van der Waals surface area contributed by atoms with E-state index in [4.69, 9.17) is 14.3 Å². The monoisotopic (exact) mass is 398 g/mol. The topological polar surface area (TPSA) is 87.6 Å². The number of aromatic nitrogens is 2. The van der Waals surface area contributed by atoms with E-state index in [2.05, 4.69) is 38.9 Å². The fraction of sp³-hybridized carbons (Fsp3) is 0.300. The van der Waals surface area contributed by atoms with E-state index in [1.165, 1.54) is 0 Å². The molecule has 4 rings (SSSR count). The van der Waals surface area contributed by atoms with E-state index < -0.39 is 11.3 Å². The second-order valence-corrected chi connectivity index (χ2v) is 7.41. The van der Waals surface area contributed by atoms with Gasteiger partial charge in [-0.05, 0) is 35.2 Å². The lowest BCUT2D eigenvalue weighted by Crippen LogP contribution is -2.36. The van der Waals surface area contributed by atoms with Crippen LogP contribution in [0.1, 0.15) is 5.56 Å². The molecule has 146 valence electrons. The number of hydrogen-bond donors (Lipinski definition) is 2. The van der Waals surface area contributed by atoms with Gasteiger partial charge in [-0.1, -0.05) is 30.3 Å². The summed E-state index contributed by atoms with van der Waals surface area (Å²) in [5, 5.41) is 0. The van der Waals surface area contributed by atoms with Gasteiger partial charge < -0.3 is 9.64 Å². The molecule has 0 bridgehead atoms. The molecule has 1 unspecified atom stereocenters. The Morgan fingerprint density at radius 3 is 2.57 bits per heavy atom. The normalized spacial score (nSPS) is 15.7. The molecule has 1 saturated heterocycles. The Morgan fingerprint density at radius 1 is 1.07 bits per heavy atom. The van der Waals surface area contributed by atoms with Crippen LogP contribution in [0.2, 0.25) is 0 Å². The number of fused-ring (bicyclic) bond motifs is 1. The molecule has 0 aliphatic carbocycles. The average Bonchev–Trinajstić information content (AvgIpc) is 2.74. The van der Waals surface area contributed by atoms with E-state index in [1.54, 1.807) is 0 Å². The van der Waals surface area contributed by atoms with Crippen molar-refractivity contribution >= 4 is 28.1 Å². The van der Waals surface area contributed by atoms with Gasteiger partial charge in [-0.25, -0.2) is 13.9 Å². The highest BCUT2D eigenvalue weighted by Gasteiger charge is 2.13. The smallest absolute Gasteiger partial charge is 0.231 e. The van der Waals surface area contributed by atoms with Gasteiger partial charge in [0.05, 0.1) is 30.4 Å². The minimum atomic E-state index is -1.96. The highest BCUT2D eigenvalue weighted by molar-refractivity contribution is 7.77. The summed E-state index contributed by atoms with van der Waals surface area (Å²) in [6.07, 6.45) is 2.52. The summed E-state index contributed by atoms with van der Waals surface area (Å²) >= 11 is -1.96. The third kappa shape index (κ3) is 4.53. The van der Waals surface area contributed by atoms with Crippen molar-refractivity contribution < 1.29 is 13.5 Å². The Hall–Kier alpha value is -2.39. The first kappa shape index (κ1) is 18.9. The summed E-state index contributed by atoms with van der Waals surface area (Å²) in [7, 11) is 0. The number of nitrogens with zero attached hydrogens (tertiary/aromatic N) is 3. The van der Waals surface area contributed by atoms with E-state index in [1.807, 2.05) is 24.4 Å². The van der Waals surface area contributed by atoms with Gasteiger partial charge in [-0.3, -0.25) is 9.54 Å². The maximum absolute atomic E-state index is 10.6. The molecule has 2 N–H and O–H groups in total. The average molecular weight is 398 g/mol. The summed E-state index contributed by atoms with van der Waals surface area (Å²) in [4.78, 5) is 11.6. The molecule has 1 fully saturated rings. The summed E-state index contributed by atoms with van der Waals surface area (Å²) in [6, 6.07) is 14.3. The van der Waals surface area contributed by atoms with Crippen LogP contribution in [0, 0.1) is 0 Å². The molecule has 2 heterocycles. The summed E-state index contributed by atoms with van der Waals surface area (Å²) in [5.74, 6) is 0.886. The van der Waals surface area contributed by atoms with E-state index in [0.717, 1.165) is 59.8 Å². The van der Waals surface area contributed by atoms with Gasteiger partial charge >= 0.3 is 0 Å². The third-order valence-corrected chi connectivity index (χ3v) is 5.24. The van der Waals surface area contributed by atoms with Gasteiger partial charge in [0.1, 0.15) is 5.82 Å². The van der Waals surface area contributed by atoms with E-state index >= 15 is 0 Å². The van der Waals surface area contributed by atoms with Crippen LogP contribution in [0.3, 0.4) is 0 Å². The minimum absolute atomic E-state index is 0.457. The molecule has 1 atom stereocenters. The van der Waals surface area contributed by atoms with Crippen LogP contribution >= 0.6 is 0 Å². The Balaban J connectivity index is 1.53. The molecular weight excluding hydrogens is 376 g/mol. The lowest BCUT2D eigenvalue weighted by molar-refractivity contribution is 0.122. The highest BCUT2D eigenvalue weighted by Crippen LogP contribution is 2.25. The molecule has 2 aromatic carbocycles. The van der Waals surface area contributed by atoms with Crippen LogP contribution < -0.4 is 9.62 Å². The molecule has 8 heteroatoms. The molecule has 1 aliphatic rings.